The number of aliphatic hydroxyl groups is 1. The van der Waals surface area contributed by atoms with Gasteiger partial charge in [-0.3, -0.25) is 4.79 Å². The van der Waals surface area contributed by atoms with Gasteiger partial charge in [0.1, 0.15) is 0 Å². The lowest BCUT2D eigenvalue weighted by Gasteiger charge is -2.14. The number of hydroxylamine groups is 1. The topological polar surface area (TPSA) is 67.8 Å². The summed E-state index contributed by atoms with van der Waals surface area (Å²) in [5.74, 6) is 0.0369. The van der Waals surface area contributed by atoms with E-state index in [1.54, 1.807) is 19.1 Å². The lowest BCUT2D eigenvalue weighted by Crippen LogP contribution is -2.29. The number of ether oxygens (including phenoxy) is 1. The third kappa shape index (κ3) is 7.60. The Morgan fingerprint density at radius 2 is 2.14 bits per heavy atom. The fourth-order valence-corrected chi connectivity index (χ4v) is 1.50. The molecule has 5 nitrogen and oxygen atoms in total. The average Bonchev–Trinajstić information content (AvgIpc) is 2.49. The van der Waals surface area contributed by atoms with Crippen LogP contribution in [0.4, 0.5) is 0 Å². The monoisotopic (exact) mass is 293 g/mol. The zero-order chi connectivity index (χ0) is 15.7. The summed E-state index contributed by atoms with van der Waals surface area (Å²) in [5, 5.41) is 9.04. The van der Waals surface area contributed by atoms with Gasteiger partial charge in [0.2, 0.25) is 0 Å². The number of hydrogen-bond donors (Lipinski definition) is 2. The minimum absolute atomic E-state index is 0.0261. The molecule has 0 fully saturated rings. The molecular formula is C16H23NO4. The molecule has 0 spiro atoms. The molecule has 116 valence electrons. The first-order valence-electron chi connectivity index (χ1n) is 6.96. The Bertz CT molecular complexity index is 471. The second-order valence-corrected chi connectivity index (χ2v) is 5.12. The third-order valence-corrected chi connectivity index (χ3v) is 2.55. The molecule has 1 aromatic rings. The van der Waals surface area contributed by atoms with Gasteiger partial charge in [-0.25, -0.2) is 10.3 Å². The normalized spacial score (nSPS) is 12.8. The standard InChI is InChI=1S/C16H23NO4/c1-12(2)11-20-13(3)21-17-16(19)8-7-14-5-4-6-15(9-14)10-18/h4-9,12-13,18H,10-11H2,1-3H3,(H,17,19). The Kier molecular flexibility index (Phi) is 7.68. The van der Waals surface area contributed by atoms with E-state index in [1.165, 1.54) is 6.08 Å². The summed E-state index contributed by atoms with van der Waals surface area (Å²) in [6.07, 6.45) is 2.52. The van der Waals surface area contributed by atoms with Gasteiger partial charge in [-0.2, -0.15) is 0 Å². The molecule has 5 heteroatoms. The van der Waals surface area contributed by atoms with Gasteiger partial charge in [0.25, 0.3) is 5.91 Å². The van der Waals surface area contributed by atoms with Gasteiger partial charge in [-0.05, 0) is 36.1 Å². The van der Waals surface area contributed by atoms with Crippen molar-refractivity contribution in [3.63, 3.8) is 0 Å². The zero-order valence-corrected chi connectivity index (χ0v) is 12.7. The largest absolute Gasteiger partial charge is 0.392 e. The van der Waals surface area contributed by atoms with Crippen LogP contribution in [-0.2, 0) is 21.0 Å². The lowest BCUT2D eigenvalue weighted by atomic mass is 10.1. The molecule has 0 heterocycles. The highest BCUT2D eigenvalue weighted by molar-refractivity contribution is 5.90. The van der Waals surface area contributed by atoms with Crippen LogP contribution in [0, 0.1) is 5.92 Å². The number of rotatable bonds is 8. The first-order chi connectivity index (χ1) is 10.0. The molecule has 2 N–H and O–H groups in total. The van der Waals surface area contributed by atoms with Crippen molar-refractivity contribution >= 4 is 12.0 Å². The third-order valence-electron chi connectivity index (χ3n) is 2.55. The summed E-state index contributed by atoms with van der Waals surface area (Å²) < 4.78 is 5.36. The van der Waals surface area contributed by atoms with Crippen molar-refractivity contribution in [2.24, 2.45) is 5.92 Å². The lowest BCUT2D eigenvalue weighted by molar-refractivity contribution is -0.180. The minimum atomic E-state index is -0.498. The second-order valence-electron chi connectivity index (χ2n) is 5.12. The van der Waals surface area contributed by atoms with Crippen LogP contribution >= 0.6 is 0 Å². The van der Waals surface area contributed by atoms with Gasteiger partial charge < -0.3 is 9.84 Å². The van der Waals surface area contributed by atoms with Crippen molar-refractivity contribution in [3.05, 3.63) is 41.5 Å². The smallest absolute Gasteiger partial charge is 0.267 e. The molecule has 0 aliphatic rings. The average molecular weight is 293 g/mol. The van der Waals surface area contributed by atoms with Crippen LogP contribution in [0.1, 0.15) is 31.9 Å². The Labute approximate surface area is 125 Å². The van der Waals surface area contributed by atoms with Crippen molar-refractivity contribution in [3.8, 4) is 0 Å². The van der Waals surface area contributed by atoms with Crippen molar-refractivity contribution in [1.82, 2.24) is 5.48 Å². The fourth-order valence-electron chi connectivity index (χ4n) is 1.50. The molecule has 0 saturated heterocycles. The molecule has 1 amide bonds. The quantitative estimate of drug-likeness (QED) is 0.438. The van der Waals surface area contributed by atoms with E-state index in [9.17, 15) is 4.79 Å². The molecule has 1 unspecified atom stereocenters. The van der Waals surface area contributed by atoms with Crippen LogP contribution < -0.4 is 5.48 Å². The molecule has 21 heavy (non-hydrogen) atoms. The number of aliphatic hydroxyl groups excluding tert-OH is 1. The number of carbonyl (C=O) groups excluding carboxylic acids is 1. The second kappa shape index (κ2) is 9.28. The van der Waals surface area contributed by atoms with Crippen LogP contribution in [0.25, 0.3) is 6.08 Å². The highest BCUT2D eigenvalue weighted by Crippen LogP contribution is 2.07. The van der Waals surface area contributed by atoms with E-state index in [-0.39, 0.29) is 12.5 Å². The Balaban J connectivity index is 2.37. The molecule has 0 bridgehead atoms. The Hall–Kier alpha value is -1.69. The maximum atomic E-state index is 11.6. The number of nitrogens with one attached hydrogen (secondary N) is 1. The first-order valence-corrected chi connectivity index (χ1v) is 6.96. The molecule has 0 aromatic heterocycles. The molecule has 0 radical (unpaired) electrons. The van der Waals surface area contributed by atoms with E-state index in [2.05, 4.69) is 5.48 Å². The number of hydrogen-bond acceptors (Lipinski definition) is 4. The maximum Gasteiger partial charge on any atom is 0.267 e. The van der Waals surface area contributed by atoms with E-state index < -0.39 is 6.29 Å². The summed E-state index contributed by atoms with van der Waals surface area (Å²) >= 11 is 0. The van der Waals surface area contributed by atoms with Crippen LogP contribution in [0.5, 0.6) is 0 Å². The SMILES string of the molecule is CC(C)COC(C)ONC(=O)C=Cc1cccc(CO)c1. The molecule has 1 aromatic carbocycles. The maximum absolute atomic E-state index is 11.6. The van der Waals surface area contributed by atoms with Gasteiger partial charge in [0.05, 0.1) is 13.2 Å². The molecule has 0 saturated carbocycles. The van der Waals surface area contributed by atoms with Crippen molar-refractivity contribution < 1.29 is 19.5 Å². The Morgan fingerprint density at radius 1 is 1.38 bits per heavy atom. The number of carbonyl (C=O) groups is 1. The van der Waals surface area contributed by atoms with Crippen LogP contribution in [-0.4, -0.2) is 23.9 Å². The number of amides is 1. The Morgan fingerprint density at radius 3 is 2.81 bits per heavy atom. The predicted molar refractivity (Wildman–Crippen MR) is 80.9 cm³/mol. The van der Waals surface area contributed by atoms with E-state index in [4.69, 9.17) is 14.7 Å². The molecule has 0 aliphatic heterocycles. The van der Waals surface area contributed by atoms with E-state index in [0.29, 0.717) is 12.5 Å². The highest BCUT2D eigenvalue weighted by Gasteiger charge is 2.05. The molecular weight excluding hydrogens is 270 g/mol. The summed E-state index contributed by atoms with van der Waals surface area (Å²) in [7, 11) is 0. The zero-order valence-electron chi connectivity index (χ0n) is 12.7. The van der Waals surface area contributed by atoms with Crippen LogP contribution in [0.2, 0.25) is 0 Å². The van der Waals surface area contributed by atoms with Crippen molar-refractivity contribution in [2.45, 2.75) is 33.7 Å². The van der Waals surface area contributed by atoms with E-state index >= 15 is 0 Å². The van der Waals surface area contributed by atoms with E-state index in [1.807, 2.05) is 32.0 Å². The molecule has 0 aliphatic carbocycles. The van der Waals surface area contributed by atoms with Gasteiger partial charge in [0.15, 0.2) is 6.29 Å². The van der Waals surface area contributed by atoms with Gasteiger partial charge in [0, 0.05) is 6.08 Å². The predicted octanol–water partition coefficient (Wildman–Crippen LogP) is 2.26. The first kappa shape index (κ1) is 17.4. The highest BCUT2D eigenvalue weighted by atomic mass is 16.8. The van der Waals surface area contributed by atoms with Gasteiger partial charge in [-0.15, -0.1) is 0 Å². The summed E-state index contributed by atoms with van der Waals surface area (Å²) in [6.45, 7) is 6.34. The van der Waals surface area contributed by atoms with Crippen LogP contribution in [0.15, 0.2) is 30.3 Å². The molecule has 1 rings (SSSR count). The van der Waals surface area contributed by atoms with Crippen molar-refractivity contribution in [2.75, 3.05) is 6.61 Å². The number of benzene rings is 1. The van der Waals surface area contributed by atoms with Gasteiger partial charge in [-0.1, -0.05) is 32.0 Å². The molecule has 1 atom stereocenters. The summed E-state index contributed by atoms with van der Waals surface area (Å²) in [5.41, 5.74) is 3.93. The fraction of sp³-hybridized carbons (Fsp3) is 0.438. The van der Waals surface area contributed by atoms with Crippen molar-refractivity contribution in [1.29, 1.82) is 0 Å². The van der Waals surface area contributed by atoms with E-state index in [0.717, 1.165) is 11.1 Å². The van der Waals surface area contributed by atoms with Crippen LogP contribution in [0.3, 0.4) is 0 Å². The summed E-state index contributed by atoms with van der Waals surface area (Å²) in [6, 6.07) is 7.28. The summed E-state index contributed by atoms with van der Waals surface area (Å²) in [4.78, 5) is 16.7. The minimum Gasteiger partial charge on any atom is -0.392 e. The van der Waals surface area contributed by atoms with Gasteiger partial charge >= 0.3 is 0 Å².